The Morgan fingerprint density at radius 1 is 1.67 bits per heavy atom. The minimum Gasteiger partial charge on any atom is -0.415 e. The Bertz CT molecular complexity index is 183. The van der Waals surface area contributed by atoms with Crippen LogP contribution in [-0.2, 0) is 11.3 Å². The van der Waals surface area contributed by atoms with E-state index in [0.717, 1.165) is 5.76 Å². The van der Waals surface area contributed by atoms with Gasteiger partial charge in [-0.1, -0.05) is 0 Å². The van der Waals surface area contributed by atoms with Gasteiger partial charge in [0.15, 0.2) is 0 Å². The van der Waals surface area contributed by atoms with Gasteiger partial charge < -0.3 is 9.15 Å². The number of furan rings is 1. The van der Waals surface area contributed by atoms with E-state index in [1.807, 2.05) is 12.1 Å². The Labute approximate surface area is 53.4 Å². The standard InChI is InChI=1S/C6H9NO2/c1-8-4-5-2-3-6(7)9-5/h2-3H,4,7H2,1H3/p+1. The van der Waals surface area contributed by atoms with Crippen molar-refractivity contribution in [2.75, 3.05) is 7.11 Å². The number of methoxy groups -OCH3 is 1. The monoisotopic (exact) mass is 128 g/mol. The second-order valence-electron chi connectivity index (χ2n) is 1.80. The quantitative estimate of drug-likeness (QED) is 0.622. The fourth-order valence-corrected chi connectivity index (χ4v) is 0.642. The minimum absolute atomic E-state index is 0.523. The van der Waals surface area contributed by atoms with E-state index in [-0.39, 0.29) is 0 Å². The van der Waals surface area contributed by atoms with Gasteiger partial charge in [-0.2, -0.15) is 0 Å². The van der Waals surface area contributed by atoms with Gasteiger partial charge in [0.25, 0.3) is 5.88 Å². The van der Waals surface area contributed by atoms with Gasteiger partial charge in [-0.05, 0) is 6.07 Å². The van der Waals surface area contributed by atoms with Crippen molar-refractivity contribution in [2.45, 2.75) is 6.61 Å². The molecule has 0 aliphatic carbocycles. The van der Waals surface area contributed by atoms with Crippen LogP contribution in [0.3, 0.4) is 0 Å². The normalized spacial score (nSPS) is 10.0. The van der Waals surface area contributed by atoms with Crippen molar-refractivity contribution in [2.24, 2.45) is 0 Å². The first-order valence-electron chi connectivity index (χ1n) is 2.72. The van der Waals surface area contributed by atoms with Crippen LogP contribution in [-0.4, -0.2) is 7.11 Å². The highest BCUT2D eigenvalue weighted by Crippen LogP contribution is 2.07. The molecule has 0 spiro atoms. The van der Waals surface area contributed by atoms with Gasteiger partial charge in [-0.25, -0.2) is 0 Å². The Morgan fingerprint density at radius 2 is 2.44 bits per heavy atom. The molecule has 0 aromatic carbocycles. The maximum absolute atomic E-state index is 5.09. The third-order valence-electron chi connectivity index (χ3n) is 1.00. The Hall–Kier alpha value is -0.800. The molecule has 3 heteroatoms. The summed E-state index contributed by atoms with van der Waals surface area (Å²) in [5, 5.41) is 0. The van der Waals surface area contributed by atoms with Crippen LogP contribution >= 0.6 is 0 Å². The molecule has 0 aliphatic rings. The summed E-state index contributed by atoms with van der Waals surface area (Å²) in [5.74, 6) is 1.50. The van der Waals surface area contributed by atoms with Crippen LogP contribution in [0.1, 0.15) is 5.76 Å². The van der Waals surface area contributed by atoms with Crippen LogP contribution < -0.4 is 5.73 Å². The van der Waals surface area contributed by atoms with Crippen LogP contribution in [0.15, 0.2) is 16.5 Å². The smallest absolute Gasteiger partial charge is 0.291 e. The van der Waals surface area contributed by atoms with E-state index in [2.05, 4.69) is 5.73 Å². The molecule has 0 amide bonds. The topological polar surface area (TPSA) is 50.0 Å². The van der Waals surface area contributed by atoms with E-state index in [4.69, 9.17) is 9.15 Å². The highest BCUT2D eigenvalue weighted by atomic mass is 16.5. The number of quaternary nitrogens is 1. The third-order valence-corrected chi connectivity index (χ3v) is 1.00. The fourth-order valence-electron chi connectivity index (χ4n) is 0.642. The zero-order valence-electron chi connectivity index (χ0n) is 5.39. The molecule has 0 radical (unpaired) electrons. The average molecular weight is 128 g/mol. The predicted octanol–water partition coefficient (Wildman–Crippen LogP) is 0.299. The van der Waals surface area contributed by atoms with Gasteiger partial charge in [-0.15, -0.1) is 0 Å². The van der Waals surface area contributed by atoms with Gasteiger partial charge in [0, 0.05) is 13.2 Å². The molecule has 0 aliphatic heterocycles. The summed E-state index contributed by atoms with van der Waals surface area (Å²) in [6.45, 7) is 0.523. The molecule has 0 atom stereocenters. The summed E-state index contributed by atoms with van der Waals surface area (Å²) in [5.41, 5.74) is 3.60. The summed E-state index contributed by atoms with van der Waals surface area (Å²) in [6.07, 6.45) is 0. The van der Waals surface area contributed by atoms with Gasteiger partial charge in [0.2, 0.25) is 0 Å². The van der Waals surface area contributed by atoms with Crippen molar-refractivity contribution >= 4 is 5.88 Å². The maximum Gasteiger partial charge on any atom is 0.291 e. The summed E-state index contributed by atoms with van der Waals surface area (Å²) in [6, 6.07) is 3.67. The van der Waals surface area contributed by atoms with E-state index in [1.165, 1.54) is 0 Å². The van der Waals surface area contributed by atoms with E-state index in [0.29, 0.717) is 12.5 Å². The third kappa shape index (κ3) is 1.55. The fraction of sp³-hybridized carbons (Fsp3) is 0.333. The van der Waals surface area contributed by atoms with Gasteiger partial charge >= 0.3 is 0 Å². The SMILES string of the molecule is COCc1ccc([NH3+])o1. The Morgan fingerprint density at radius 3 is 2.89 bits per heavy atom. The van der Waals surface area contributed by atoms with Crippen LogP contribution in [0, 0.1) is 0 Å². The largest absolute Gasteiger partial charge is 0.415 e. The van der Waals surface area contributed by atoms with Crippen LogP contribution in [0.5, 0.6) is 0 Å². The molecule has 9 heavy (non-hydrogen) atoms. The van der Waals surface area contributed by atoms with E-state index in [1.54, 1.807) is 7.11 Å². The van der Waals surface area contributed by atoms with Crippen molar-refractivity contribution in [3.8, 4) is 0 Å². The number of rotatable bonds is 2. The lowest BCUT2D eigenvalue weighted by molar-refractivity contribution is -0.279. The first-order valence-corrected chi connectivity index (χ1v) is 2.72. The molecular formula is C6H10NO2+. The highest BCUT2D eigenvalue weighted by molar-refractivity contribution is 5.14. The van der Waals surface area contributed by atoms with Gasteiger partial charge in [0.05, 0.1) is 0 Å². The zero-order valence-corrected chi connectivity index (χ0v) is 5.39. The zero-order chi connectivity index (χ0) is 6.69. The van der Waals surface area contributed by atoms with Crippen molar-refractivity contribution in [3.05, 3.63) is 17.9 Å². The van der Waals surface area contributed by atoms with E-state index >= 15 is 0 Å². The minimum atomic E-state index is 0.523. The molecule has 1 aromatic heterocycles. The molecule has 1 heterocycles. The molecule has 1 aromatic rings. The first kappa shape index (κ1) is 6.32. The van der Waals surface area contributed by atoms with Crippen molar-refractivity contribution in [1.82, 2.24) is 0 Å². The lowest BCUT2D eigenvalue weighted by Gasteiger charge is -1.88. The Balaban J connectivity index is 2.61. The molecule has 0 bridgehead atoms. The van der Waals surface area contributed by atoms with Crippen molar-refractivity contribution in [1.29, 1.82) is 0 Å². The average Bonchev–Trinajstić information content (AvgIpc) is 2.17. The van der Waals surface area contributed by atoms with Gasteiger partial charge in [0.1, 0.15) is 12.4 Å². The second kappa shape index (κ2) is 2.66. The highest BCUT2D eigenvalue weighted by Gasteiger charge is 1.97. The second-order valence-corrected chi connectivity index (χ2v) is 1.80. The summed E-state index contributed by atoms with van der Waals surface area (Å²) >= 11 is 0. The predicted molar refractivity (Wildman–Crippen MR) is 32.0 cm³/mol. The van der Waals surface area contributed by atoms with Gasteiger partial charge in [-0.3, -0.25) is 5.73 Å². The van der Waals surface area contributed by atoms with Crippen LogP contribution in [0.25, 0.3) is 0 Å². The lowest BCUT2D eigenvalue weighted by atomic mass is 10.5. The summed E-state index contributed by atoms with van der Waals surface area (Å²) in [7, 11) is 1.63. The van der Waals surface area contributed by atoms with Crippen LogP contribution in [0.4, 0.5) is 5.88 Å². The van der Waals surface area contributed by atoms with Crippen molar-refractivity contribution in [3.63, 3.8) is 0 Å². The van der Waals surface area contributed by atoms with Crippen LogP contribution in [0.2, 0.25) is 0 Å². The van der Waals surface area contributed by atoms with E-state index < -0.39 is 0 Å². The number of hydrogen-bond acceptors (Lipinski definition) is 2. The lowest BCUT2D eigenvalue weighted by Crippen LogP contribution is -2.39. The molecule has 1 rings (SSSR count). The summed E-state index contributed by atoms with van der Waals surface area (Å²) < 4.78 is 9.91. The molecule has 3 nitrogen and oxygen atoms in total. The maximum atomic E-state index is 5.09. The molecule has 3 N–H and O–H groups in total. The molecule has 0 unspecified atom stereocenters. The van der Waals surface area contributed by atoms with E-state index in [9.17, 15) is 0 Å². The number of ether oxygens (including phenoxy) is 1. The number of hydrogen-bond donors (Lipinski definition) is 1. The first-order chi connectivity index (χ1) is 4.33. The molecule has 0 fully saturated rings. The molecule has 50 valence electrons. The molecular weight excluding hydrogens is 118 g/mol. The Kier molecular flexibility index (Phi) is 1.87. The molecule has 0 saturated carbocycles. The van der Waals surface area contributed by atoms with Crippen molar-refractivity contribution < 1.29 is 14.9 Å². The summed E-state index contributed by atoms with van der Waals surface area (Å²) in [4.78, 5) is 0. The molecule has 0 saturated heterocycles.